The minimum atomic E-state index is -1.37. The standard InChI is InChI=1S/C11H13F2NOS/c12-9-3-5-11(6-4-9)16(15)14-7-1-2-10(13)8-14/h3-6,10H,1-2,7-8H2. The summed E-state index contributed by atoms with van der Waals surface area (Å²) in [5.41, 5.74) is 0. The average molecular weight is 245 g/mol. The molecule has 0 bridgehead atoms. The fourth-order valence-electron chi connectivity index (χ4n) is 1.74. The second-order valence-electron chi connectivity index (χ2n) is 3.83. The van der Waals surface area contributed by atoms with E-state index in [0.717, 1.165) is 0 Å². The molecule has 0 amide bonds. The monoisotopic (exact) mass is 245 g/mol. The molecule has 0 aliphatic carbocycles. The van der Waals surface area contributed by atoms with Crippen molar-refractivity contribution in [2.45, 2.75) is 23.9 Å². The molecule has 1 fully saturated rings. The lowest BCUT2D eigenvalue weighted by Crippen LogP contribution is -2.40. The lowest BCUT2D eigenvalue weighted by atomic mass is 10.1. The summed E-state index contributed by atoms with van der Waals surface area (Å²) < 4.78 is 39.4. The van der Waals surface area contributed by atoms with E-state index in [4.69, 9.17) is 0 Å². The Kier molecular flexibility index (Phi) is 3.78. The van der Waals surface area contributed by atoms with E-state index in [-0.39, 0.29) is 12.4 Å². The lowest BCUT2D eigenvalue weighted by Gasteiger charge is -2.28. The SMILES string of the molecule is [O-][S+](c1ccc(F)cc1)N1CCCC(F)C1. The molecule has 1 aliphatic heterocycles. The fourth-order valence-corrected chi connectivity index (χ4v) is 3.00. The molecule has 1 heterocycles. The van der Waals surface area contributed by atoms with Crippen molar-refractivity contribution in [2.24, 2.45) is 0 Å². The van der Waals surface area contributed by atoms with Crippen LogP contribution in [0.1, 0.15) is 12.8 Å². The van der Waals surface area contributed by atoms with Gasteiger partial charge in [-0.2, -0.15) is 0 Å². The number of hydrogen-bond acceptors (Lipinski definition) is 2. The molecular weight excluding hydrogens is 232 g/mol. The van der Waals surface area contributed by atoms with Crippen molar-refractivity contribution in [2.75, 3.05) is 13.1 Å². The summed E-state index contributed by atoms with van der Waals surface area (Å²) in [6.07, 6.45) is 0.351. The van der Waals surface area contributed by atoms with Gasteiger partial charge in [-0.1, -0.05) is 0 Å². The minimum absolute atomic E-state index is 0.198. The first-order valence-electron chi connectivity index (χ1n) is 5.23. The highest BCUT2D eigenvalue weighted by Crippen LogP contribution is 2.21. The van der Waals surface area contributed by atoms with E-state index in [1.54, 1.807) is 4.31 Å². The maximum Gasteiger partial charge on any atom is 0.174 e. The zero-order chi connectivity index (χ0) is 11.5. The first-order chi connectivity index (χ1) is 7.66. The molecule has 0 saturated carbocycles. The number of benzene rings is 1. The molecule has 0 radical (unpaired) electrons. The average Bonchev–Trinajstić information content (AvgIpc) is 2.29. The maximum atomic E-state index is 13.1. The highest BCUT2D eigenvalue weighted by Gasteiger charge is 2.29. The van der Waals surface area contributed by atoms with Gasteiger partial charge in [-0.3, -0.25) is 0 Å². The summed E-state index contributed by atoms with van der Waals surface area (Å²) in [5.74, 6) is -0.359. The van der Waals surface area contributed by atoms with Gasteiger partial charge in [-0.15, -0.1) is 4.31 Å². The van der Waals surface area contributed by atoms with Crippen LogP contribution in [0, 0.1) is 5.82 Å². The van der Waals surface area contributed by atoms with Crippen molar-refractivity contribution in [3.63, 3.8) is 0 Å². The van der Waals surface area contributed by atoms with Crippen LogP contribution in [0.3, 0.4) is 0 Å². The number of halogens is 2. The Morgan fingerprint density at radius 3 is 2.62 bits per heavy atom. The van der Waals surface area contributed by atoms with Crippen LogP contribution < -0.4 is 0 Å². The molecule has 0 aromatic heterocycles. The number of nitrogens with zero attached hydrogens (tertiary/aromatic N) is 1. The summed E-state index contributed by atoms with van der Waals surface area (Å²) >= 11 is -1.37. The molecule has 5 heteroatoms. The van der Waals surface area contributed by atoms with E-state index in [0.29, 0.717) is 24.3 Å². The van der Waals surface area contributed by atoms with Gasteiger partial charge >= 0.3 is 0 Å². The Bertz CT molecular complexity index is 346. The molecule has 1 aromatic carbocycles. The normalized spacial score (nSPS) is 24.3. The Labute approximate surface area is 96.6 Å². The Morgan fingerprint density at radius 2 is 2.00 bits per heavy atom. The molecule has 1 aliphatic rings. The van der Waals surface area contributed by atoms with Crippen molar-refractivity contribution < 1.29 is 13.3 Å². The van der Waals surface area contributed by atoms with E-state index >= 15 is 0 Å². The Hall–Kier alpha value is -0.650. The van der Waals surface area contributed by atoms with Crippen LogP contribution in [0.25, 0.3) is 0 Å². The fraction of sp³-hybridized carbons (Fsp3) is 0.455. The minimum Gasteiger partial charge on any atom is -0.593 e. The largest absolute Gasteiger partial charge is 0.593 e. The van der Waals surface area contributed by atoms with Crippen LogP contribution in [-0.2, 0) is 11.4 Å². The van der Waals surface area contributed by atoms with Gasteiger partial charge in [-0.05, 0) is 37.1 Å². The topological polar surface area (TPSA) is 26.3 Å². The molecule has 16 heavy (non-hydrogen) atoms. The van der Waals surface area contributed by atoms with E-state index in [1.807, 2.05) is 0 Å². The third-order valence-corrected chi connectivity index (χ3v) is 4.05. The summed E-state index contributed by atoms with van der Waals surface area (Å²) in [7, 11) is 0. The van der Waals surface area contributed by atoms with Crippen molar-refractivity contribution in [1.29, 1.82) is 0 Å². The van der Waals surface area contributed by atoms with Crippen LogP contribution in [0.15, 0.2) is 29.2 Å². The van der Waals surface area contributed by atoms with Crippen LogP contribution in [0.2, 0.25) is 0 Å². The Balaban J connectivity index is 2.06. The molecule has 0 N–H and O–H groups in total. The van der Waals surface area contributed by atoms with Gasteiger partial charge < -0.3 is 4.55 Å². The van der Waals surface area contributed by atoms with Crippen LogP contribution in [0.5, 0.6) is 0 Å². The highest BCUT2D eigenvalue weighted by atomic mass is 32.2. The number of rotatable bonds is 2. The molecule has 2 atom stereocenters. The second kappa shape index (κ2) is 5.12. The molecule has 0 spiro atoms. The van der Waals surface area contributed by atoms with Crippen molar-refractivity contribution >= 4 is 11.4 Å². The third kappa shape index (κ3) is 2.72. The molecule has 1 aromatic rings. The molecule has 2 unspecified atom stereocenters. The van der Waals surface area contributed by atoms with E-state index in [2.05, 4.69) is 0 Å². The van der Waals surface area contributed by atoms with Crippen LogP contribution >= 0.6 is 0 Å². The summed E-state index contributed by atoms with van der Waals surface area (Å²) in [6, 6.07) is 5.49. The van der Waals surface area contributed by atoms with Crippen molar-refractivity contribution in [1.82, 2.24) is 4.31 Å². The summed E-state index contributed by atoms with van der Waals surface area (Å²) in [6.45, 7) is 0.828. The highest BCUT2D eigenvalue weighted by molar-refractivity contribution is 7.89. The first-order valence-corrected chi connectivity index (χ1v) is 6.34. The van der Waals surface area contributed by atoms with E-state index in [1.165, 1.54) is 24.3 Å². The molecule has 1 saturated heterocycles. The van der Waals surface area contributed by atoms with E-state index in [9.17, 15) is 13.3 Å². The summed E-state index contributed by atoms with van der Waals surface area (Å²) in [4.78, 5) is 0.524. The van der Waals surface area contributed by atoms with Crippen molar-refractivity contribution in [3.05, 3.63) is 30.1 Å². The zero-order valence-corrected chi connectivity index (χ0v) is 9.55. The van der Waals surface area contributed by atoms with Crippen molar-refractivity contribution in [3.8, 4) is 0 Å². The maximum absolute atomic E-state index is 13.1. The molecule has 2 nitrogen and oxygen atoms in total. The van der Waals surface area contributed by atoms with Gasteiger partial charge in [0, 0.05) is 6.54 Å². The third-order valence-electron chi connectivity index (χ3n) is 2.58. The quantitative estimate of drug-likeness (QED) is 0.747. The van der Waals surface area contributed by atoms with Gasteiger partial charge in [0.2, 0.25) is 0 Å². The van der Waals surface area contributed by atoms with Gasteiger partial charge in [0.25, 0.3) is 0 Å². The second-order valence-corrected chi connectivity index (χ2v) is 5.32. The van der Waals surface area contributed by atoms with E-state index < -0.39 is 17.5 Å². The van der Waals surface area contributed by atoms with Gasteiger partial charge in [-0.25, -0.2) is 8.78 Å². The first kappa shape index (κ1) is 11.8. The Morgan fingerprint density at radius 1 is 1.31 bits per heavy atom. The number of piperidine rings is 1. The zero-order valence-electron chi connectivity index (χ0n) is 8.73. The van der Waals surface area contributed by atoms with Crippen LogP contribution in [-0.4, -0.2) is 28.1 Å². The number of hydrogen-bond donors (Lipinski definition) is 0. The number of alkyl halides is 1. The van der Waals surface area contributed by atoms with Gasteiger partial charge in [0.1, 0.15) is 12.0 Å². The van der Waals surface area contributed by atoms with Crippen LogP contribution in [0.4, 0.5) is 8.78 Å². The predicted molar refractivity (Wildman–Crippen MR) is 58.5 cm³/mol. The molecular formula is C11H13F2NOS. The smallest absolute Gasteiger partial charge is 0.174 e. The lowest BCUT2D eigenvalue weighted by molar-refractivity contribution is 0.203. The molecule has 88 valence electrons. The van der Waals surface area contributed by atoms with Gasteiger partial charge in [0.05, 0.1) is 17.9 Å². The predicted octanol–water partition coefficient (Wildman–Crippen LogP) is 2.28. The molecule has 2 rings (SSSR count). The van der Waals surface area contributed by atoms with Gasteiger partial charge in [0.15, 0.2) is 4.90 Å². The summed E-state index contributed by atoms with van der Waals surface area (Å²) in [5, 5.41) is 0.